The van der Waals surface area contributed by atoms with E-state index < -0.39 is 5.78 Å². The number of nitrogens with zero attached hydrogens (tertiary/aromatic N) is 1. The summed E-state index contributed by atoms with van der Waals surface area (Å²) in [4.78, 5) is 40.1. The number of nitrogens with one attached hydrogen (secondary N) is 1. The first-order chi connectivity index (χ1) is 15.5. The van der Waals surface area contributed by atoms with Gasteiger partial charge in [0.15, 0.2) is 0 Å². The zero-order valence-corrected chi connectivity index (χ0v) is 17.8. The van der Waals surface area contributed by atoms with E-state index in [2.05, 4.69) is 5.32 Å². The molecule has 0 saturated carbocycles. The van der Waals surface area contributed by atoms with Crippen molar-refractivity contribution in [3.05, 3.63) is 101 Å². The van der Waals surface area contributed by atoms with Crippen LogP contribution in [0.3, 0.4) is 0 Å². The number of anilines is 1. The Balaban J connectivity index is 1.58. The first kappa shape index (κ1) is 21.1. The van der Waals surface area contributed by atoms with Gasteiger partial charge in [0.2, 0.25) is 5.78 Å². The molecule has 3 aromatic carbocycles. The number of ketones is 1. The Labute approximate surface area is 186 Å². The molecular weight excluding hydrogens is 404 g/mol. The number of benzene rings is 3. The molecule has 1 N–H and O–H groups in total. The Morgan fingerprint density at radius 3 is 2.41 bits per heavy atom. The van der Waals surface area contributed by atoms with Crippen LogP contribution < -0.4 is 15.0 Å². The second-order valence-corrected chi connectivity index (χ2v) is 7.42. The lowest BCUT2D eigenvalue weighted by Gasteiger charge is -2.27. The van der Waals surface area contributed by atoms with Crippen molar-refractivity contribution in [2.45, 2.75) is 6.54 Å². The van der Waals surface area contributed by atoms with Crippen LogP contribution in [0.1, 0.15) is 31.8 Å². The molecule has 3 aromatic rings. The van der Waals surface area contributed by atoms with Crippen LogP contribution in [0.5, 0.6) is 5.75 Å². The Morgan fingerprint density at radius 1 is 1.00 bits per heavy atom. The van der Waals surface area contributed by atoms with Crippen molar-refractivity contribution < 1.29 is 19.1 Å². The van der Waals surface area contributed by atoms with Gasteiger partial charge in [0.25, 0.3) is 11.8 Å². The van der Waals surface area contributed by atoms with Gasteiger partial charge in [-0.1, -0.05) is 42.5 Å². The second-order valence-electron chi connectivity index (χ2n) is 7.42. The van der Waals surface area contributed by atoms with E-state index in [1.54, 1.807) is 38.4 Å². The van der Waals surface area contributed by atoms with Gasteiger partial charge in [0.05, 0.1) is 18.4 Å². The largest absolute Gasteiger partial charge is 0.497 e. The van der Waals surface area contributed by atoms with E-state index in [0.717, 1.165) is 16.9 Å². The minimum atomic E-state index is -0.392. The number of rotatable bonds is 5. The van der Waals surface area contributed by atoms with Crippen LogP contribution in [0.4, 0.5) is 5.69 Å². The number of fused-ring (bicyclic) bond motifs is 1. The number of hydrogen-bond donors (Lipinski definition) is 1. The average molecular weight is 426 g/mol. The maximum atomic E-state index is 13.1. The van der Waals surface area contributed by atoms with E-state index in [-0.39, 0.29) is 17.4 Å². The van der Waals surface area contributed by atoms with Crippen LogP contribution in [0.15, 0.2) is 78.4 Å². The Bertz CT molecular complexity index is 1210. The summed E-state index contributed by atoms with van der Waals surface area (Å²) in [5, 5.41) is 2.86. The number of hydrogen-bond acceptors (Lipinski definition) is 4. The first-order valence-electron chi connectivity index (χ1n) is 10.1. The fourth-order valence-corrected chi connectivity index (χ4v) is 3.55. The van der Waals surface area contributed by atoms with E-state index in [1.165, 1.54) is 4.90 Å². The van der Waals surface area contributed by atoms with Crippen LogP contribution in [0.25, 0.3) is 6.08 Å². The lowest BCUT2D eigenvalue weighted by Crippen LogP contribution is -2.37. The number of ether oxygens (including phenoxy) is 1. The van der Waals surface area contributed by atoms with Crippen molar-refractivity contribution in [1.29, 1.82) is 0 Å². The summed E-state index contributed by atoms with van der Waals surface area (Å²) in [5.74, 6) is -0.323. The summed E-state index contributed by atoms with van der Waals surface area (Å²) >= 11 is 0. The van der Waals surface area contributed by atoms with Gasteiger partial charge in [-0.15, -0.1) is 0 Å². The quantitative estimate of drug-likeness (QED) is 0.496. The van der Waals surface area contributed by atoms with Crippen LogP contribution in [0, 0.1) is 0 Å². The molecule has 1 heterocycles. The summed E-state index contributed by atoms with van der Waals surface area (Å²) in [6.45, 7) is 0.339. The Hall–Kier alpha value is -4.19. The molecule has 160 valence electrons. The fraction of sp³-hybridized carbons (Fsp3) is 0.115. The third-order valence-electron chi connectivity index (χ3n) is 5.37. The third kappa shape index (κ3) is 4.16. The minimum Gasteiger partial charge on any atom is -0.497 e. The maximum Gasteiger partial charge on any atom is 0.262 e. The summed E-state index contributed by atoms with van der Waals surface area (Å²) in [6.07, 6.45) is 1.58. The first-order valence-corrected chi connectivity index (χ1v) is 10.1. The second kappa shape index (κ2) is 8.89. The fourth-order valence-electron chi connectivity index (χ4n) is 3.55. The molecule has 0 radical (unpaired) electrons. The molecular formula is C26H22N2O4. The molecule has 0 aliphatic carbocycles. The number of methoxy groups -OCH3 is 1. The summed E-state index contributed by atoms with van der Waals surface area (Å²) < 4.78 is 5.14. The van der Waals surface area contributed by atoms with Crippen molar-refractivity contribution in [3.8, 4) is 5.75 Å². The van der Waals surface area contributed by atoms with E-state index in [0.29, 0.717) is 23.4 Å². The molecule has 4 rings (SSSR count). The van der Waals surface area contributed by atoms with Crippen molar-refractivity contribution in [2.75, 3.05) is 19.1 Å². The molecule has 1 aliphatic rings. The van der Waals surface area contributed by atoms with Gasteiger partial charge < -0.3 is 15.0 Å². The van der Waals surface area contributed by atoms with Gasteiger partial charge >= 0.3 is 0 Å². The van der Waals surface area contributed by atoms with Gasteiger partial charge in [0.1, 0.15) is 5.75 Å². The highest BCUT2D eigenvalue weighted by Crippen LogP contribution is 2.31. The lowest BCUT2D eigenvalue weighted by molar-refractivity contribution is -0.114. The zero-order chi connectivity index (χ0) is 22.7. The number of likely N-dealkylation sites (N-methyl/N-ethyl adjacent to an activating group) is 1. The molecule has 0 fully saturated rings. The molecule has 1 aliphatic heterocycles. The molecule has 0 unspecified atom stereocenters. The number of Topliss-reactive ketones (excluding diaryl/α,β-unsaturated/α-hetero) is 1. The SMILES string of the molecule is COc1ccc(CNC(=O)c2ccc3c(c2)C(=O)/C(=C\c2ccccc2)C(=O)N3C)cc1. The van der Waals surface area contributed by atoms with Crippen LogP contribution in [-0.2, 0) is 11.3 Å². The normalized spacial score (nSPS) is 14.3. The smallest absolute Gasteiger partial charge is 0.262 e. The number of amides is 2. The molecule has 0 bridgehead atoms. The van der Waals surface area contributed by atoms with Crippen molar-refractivity contribution in [3.63, 3.8) is 0 Å². The van der Waals surface area contributed by atoms with Crippen molar-refractivity contribution in [1.82, 2.24) is 5.32 Å². The molecule has 0 spiro atoms. The Morgan fingerprint density at radius 2 is 1.72 bits per heavy atom. The predicted octanol–water partition coefficient (Wildman–Crippen LogP) is 3.87. The third-order valence-corrected chi connectivity index (χ3v) is 5.37. The summed E-state index contributed by atoms with van der Waals surface area (Å²) in [7, 11) is 3.22. The minimum absolute atomic E-state index is 0.0713. The van der Waals surface area contributed by atoms with E-state index in [9.17, 15) is 14.4 Å². The van der Waals surface area contributed by atoms with E-state index >= 15 is 0 Å². The average Bonchev–Trinajstić information content (AvgIpc) is 2.84. The zero-order valence-electron chi connectivity index (χ0n) is 17.8. The summed E-state index contributed by atoms with van der Waals surface area (Å²) in [6, 6.07) is 21.4. The molecule has 2 amide bonds. The van der Waals surface area contributed by atoms with E-state index in [4.69, 9.17) is 4.74 Å². The highest BCUT2D eigenvalue weighted by atomic mass is 16.5. The topological polar surface area (TPSA) is 75.7 Å². The monoisotopic (exact) mass is 426 g/mol. The lowest BCUT2D eigenvalue weighted by atomic mass is 9.92. The van der Waals surface area contributed by atoms with Crippen molar-refractivity contribution >= 4 is 29.4 Å². The van der Waals surface area contributed by atoms with Crippen LogP contribution in [-0.4, -0.2) is 31.8 Å². The highest BCUT2D eigenvalue weighted by molar-refractivity contribution is 6.36. The summed E-state index contributed by atoms with van der Waals surface area (Å²) in [5.41, 5.74) is 2.92. The van der Waals surface area contributed by atoms with Crippen LogP contribution >= 0.6 is 0 Å². The highest BCUT2D eigenvalue weighted by Gasteiger charge is 2.33. The molecule has 6 nitrogen and oxygen atoms in total. The van der Waals surface area contributed by atoms with E-state index in [1.807, 2.05) is 54.6 Å². The van der Waals surface area contributed by atoms with Gasteiger partial charge in [-0.05, 0) is 47.5 Å². The number of carbonyl (C=O) groups excluding carboxylic acids is 3. The molecule has 0 aromatic heterocycles. The van der Waals surface area contributed by atoms with Gasteiger partial charge in [0, 0.05) is 24.7 Å². The molecule has 0 saturated heterocycles. The maximum absolute atomic E-state index is 13.1. The predicted molar refractivity (Wildman–Crippen MR) is 123 cm³/mol. The molecule has 32 heavy (non-hydrogen) atoms. The van der Waals surface area contributed by atoms with Crippen molar-refractivity contribution in [2.24, 2.45) is 0 Å². The van der Waals surface area contributed by atoms with Gasteiger partial charge in [-0.3, -0.25) is 14.4 Å². The number of carbonyl (C=O) groups is 3. The van der Waals surface area contributed by atoms with Crippen LogP contribution in [0.2, 0.25) is 0 Å². The Kier molecular flexibility index (Phi) is 5.85. The van der Waals surface area contributed by atoms with Gasteiger partial charge in [-0.2, -0.15) is 0 Å². The van der Waals surface area contributed by atoms with Gasteiger partial charge in [-0.25, -0.2) is 0 Å². The standard InChI is InChI=1S/C26H22N2O4/c1-28-23-13-10-19(25(30)27-16-18-8-11-20(32-2)12-9-18)15-21(23)24(29)22(26(28)31)14-17-6-4-3-5-7-17/h3-15H,16H2,1-2H3,(H,27,30)/b22-14+. The molecule has 6 heteroatoms. The molecule has 0 atom stereocenters.